The Morgan fingerprint density at radius 3 is 1.91 bits per heavy atom. The third-order valence-electron chi connectivity index (χ3n) is 1.95. The van der Waals surface area contributed by atoms with Gasteiger partial charge >= 0.3 is 0 Å². The minimum Gasteiger partial charge on any atom is -0.0620 e. The van der Waals surface area contributed by atoms with Gasteiger partial charge in [0.25, 0.3) is 0 Å². The molecule has 11 heavy (non-hydrogen) atoms. The molecule has 0 aliphatic carbocycles. The molecule has 0 aliphatic heterocycles. The molecule has 0 heteroatoms. The second-order valence-corrected chi connectivity index (χ2v) is 4.06. The first kappa shape index (κ1) is 8.32. The van der Waals surface area contributed by atoms with Gasteiger partial charge in [-0.25, -0.2) is 0 Å². The van der Waals surface area contributed by atoms with Crippen LogP contribution in [0.5, 0.6) is 0 Å². The van der Waals surface area contributed by atoms with Crippen LogP contribution in [0.4, 0.5) is 0 Å². The Morgan fingerprint density at radius 1 is 1.00 bits per heavy atom. The van der Waals surface area contributed by atoms with Crippen LogP contribution in [0.1, 0.15) is 31.9 Å². The first-order valence-electron chi connectivity index (χ1n) is 4.08. The van der Waals surface area contributed by atoms with Crippen LogP contribution in [0.15, 0.2) is 24.3 Å². The van der Waals surface area contributed by atoms with Gasteiger partial charge in [-0.15, -0.1) is 0 Å². The molecule has 0 spiro atoms. The normalized spacial score (nSPS) is 11.6. The number of hydrogen-bond donors (Lipinski definition) is 0. The van der Waals surface area contributed by atoms with Gasteiger partial charge in [-0.1, -0.05) is 45.0 Å². The van der Waals surface area contributed by atoms with Gasteiger partial charge in [0.05, 0.1) is 0 Å². The average molecular weight is 148 g/mol. The van der Waals surface area contributed by atoms with Crippen molar-refractivity contribution in [1.82, 2.24) is 0 Å². The summed E-state index contributed by atoms with van der Waals surface area (Å²) in [6.45, 7) is 8.90. The molecule has 0 saturated carbocycles. The standard InChI is InChI=1S/C11H16/c1-9-7-5-6-8-10(9)11(2,3)4/h5-8H,1-4H3. The molecule has 0 nitrogen and oxygen atoms in total. The van der Waals surface area contributed by atoms with Crippen molar-refractivity contribution in [3.8, 4) is 0 Å². The molecular formula is C11H16. The molecule has 0 radical (unpaired) electrons. The number of rotatable bonds is 0. The maximum absolute atomic E-state index is 2.25. The van der Waals surface area contributed by atoms with Crippen LogP contribution in [-0.4, -0.2) is 0 Å². The molecule has 0 bridgehead atoms. The van der Waals surface area contributed by atoms with E-state index >= 15 is 0 Å². The van der Waals surface area contributed by atoms with Crippen molar-refractivity contribution in [2.45, 2.75) is 33.1 Å². The topological polar surface area (TPSA) is 0 Å². The van der Waals surface area contributed by atoms with Crippen molar-refractivity contribution in [2.24, 2.45) is 0 Å². The number of hydrogen-bond acceptors (Lipinski definition) is 0. The molecule has 0 heterocycles. The van der Waals surface area contributed by atoms with E-state index in [1.807, 2.05) is 0 Å². The Kier molecular flexibility index (Phi) is 2.03. The zero-order valence-electron chi connectivity index (χ0n) is 7.81. The fourth-order valence-electron chi connectivity index (χ4n) is 1.41. The molecule has 0 N–H and O–H groups in total. The summed E-state index contributed by atoms with van der Waals surface area (Å²) in [6, 6.07) is 8.56. The zero-order chi connectivity index (χ0) is 8.48. The van der Waals surface area contributed by atoms with E-state index in [9.17, 15) is 0 Å². The van der Waals surface area contributed by atoms with Crippen molar-refractivity contribution >= 4 is 0 Å². The highest BCUT2D eigenvalue weighted by molar-refractivity contribution is 5.31. The molecule has 1 aromatic rings. The predicted molar refractivity (Wildman–Crippen MR) is 49.9 cm³/mol. The van der Waals surface area contributed by atoms with Crippen LogP contribution in [0.25, 0.3) is 0 Å². The lowest BCUT2D eigenvalue weighted by Gasteiger charge is -2.21. The smallest absolute Gasteiger partial charge is 0.0129 e. The van der Waals surface area contributed by atoms with Crippen LogP contribution in [0.2, 0.25) is 0 Å². The molecule has 0 fully saturated rings. The third kappa shape index (κ3) is 1.83. The van der Waals surface area contributed by atoms with Crippen LogP contribution in [-0.2, 0) is 5.41 Å². The molecule has 0 aromatic heterocycles. The molecule has 0 unspecified atom stereocenters. The van der Waals surface area contributed by atoms with Crippen molar-refractivity contribution in [3.05, 3.63) is 35.4 Å². The fourth-order valence-corrected chi connectivity index (χ4v) is 1.41. The lowest BCUT2D eigenvalue weighted by molar-refractivity contribution is 0.586. The molecule has 0 atom stereocenters. The summed E-state index contributed by atoms with van der Waals surface area (Å²) in [5.74, 6) is 0. The van der Waals surface area contributed by atoms with Gasteiger partial charge < -0.3 is 0 Å². The monoisotopic (exact) mass is 148 g/mol. The quantitative estimate of drug-likeness (QED) is 0.529. The summed E-state index contributed by atoms with van der Waals surface area (Å²) < 4.78 is 0. The first-order chi connectivity index (χ1) is 5.02. The summed E-state index contributed by atoms with van der Waals surface area (Å²) >= 11 is 0. The van der Waals surface area contributed by atoms with E-state index in [4.69, 9.17) is 0 Å². The Morgan fingerprint density at radius 2 is 1.55 bits per heavy atom. The van der Waals surface area contributed by atoms with E-state index in [-0.39, 0.29) is 5.41 Å². The van der Waals surface area contributed by atoms with Crippen LogP contribution < -0.4 is 0 Å². The van der Waals surface area contributed by atoms with Crippen molar-refractivity contribution in [3.63, 3.8) is 0 Å². The van der Waals surface area contributed by atoms with E-state index in [2.05, 4.69) is 52.0 Å². The minimum atomic E-state index is 0.283. The van der Waals surface area contributed by atoms with E-state index in [1.54, 1.807) is 0 Å². The van der Waals surface area contributed by atoms with Crippen LogP contribution in [0.3, 0.4) is 0 Å². The highest BCUT2D eigenvalue weighted by atomic mass is 14.2. The Hall–Kier alpha value is -0.780. The molecule has 1 aromatic carbocycles. The van der Waals surface area contributed by atoms with Gasteiger partial charge in [-0.05, 0) is 23.5 Å². The molecule has 1 rings (SSSR count). The van der Waals surface area contributed by atoms with Crippen molar-refractivity contribution in [2.75, 3.05) is 0 Å². The summed E-state index contributed by atoms with van der Waals surface area (Å²) in [4.78, 5) is 0. The lowest BCUT2D eigenvalue weighted by atomic mass is 9.84. The predicted octanol–water partition coefficient (Wildman–Crippen LogP) is 3.29. The van der Waals surface area contributed by atoms with Crippen LogP contribution in [0, 0.1) is 6.92 Å². The van der Waals surface area contributed by atoms with E-state index in [1.165, 1.54) is 11.1 Å². The van der Waals surface area contributed by atoms with Gasteiger partial charge in [-0.3, -0.25) is 0 Å². The van der Waals surface area contributed by atoms with Crippen molar-refractivity contribution in [1.29, 1.82) is 0 Å². The number of aryl methyl sites for hydroxylation is 1. The van der Waals surface area contributed by atoms with Crippen molar-refractivity contribution < 1.29 is 0 Å². The molecular weight excluding hydrogens is 132 g/mol. The van der Waals surface area contributed by atoms with Gasteiger partial charge in [-0.2, -0.15) is 0 Å². The number of benzene rings is 1. The van der Waals surface area contributed by atoms with E-state index in [0.717, 1.165) is 0 Å². The van der Waals surface area contributed by atoms with E-state index < -0.39 is 0 Å². The van der Waals surface area contributed by atoms with Gasteiger partial charge in [0.1, 0.15) is 0 Å². The largest absolute Gasteiger partial charge is 0.0620 e. The third-order valence-corrected chi connectivity index (χ3v) is 1.95. The first-order valence-corrected chi connectivity index (χ1v) is 4.08. The van der Waals surface area contributed by atoms with Gasteiger partial charge in [0, 0.05) is 0 Å². The lowest BCUT2D eigenvalue weighted by Crippen LogP contribution is -2.12. The van der Waals surface area contributed by atoms with Crippen LogP contribution >= 0.6 is 0 Å². The van der Waals surface area contributed by atoms with Gasteiger partial charge in [0.15, 0.2) is 0 Å². The molecule has 0 aliphatic rings. The summed E-state index contributed by atoms with van der Waals surface area (Å²) in [6.07, 6.45) is 0. The second kappa shape index (κ2) is 2.69. The second-order valence-electron chi connectivity index (χ2n) is 4.06. The van der Waals surface area contributed by atoms with E-state index in [0.29, 0.717) is 0 Å². The molecule has 60 valence electrons. The van der Waals surface area contributed by atoms with Gasteiger partial charge in [0.2, 0.25) is 0 Å². The molecule has 0 amide bonds. The average Bonchev–Trinajstić information content (AvgIpc) is 1.86. The Bertz CT molecular complexity index is 240. The summed E-state index contributed by atoms with van der Waals surface area (Å²) in [5, 5.41) is 0. The maximum Gasteiger partial charge on any atom is -0.0129 e. The maximum atomic E-state index is 2.25. The fraction of sp³-hybridized carbons (Fsp3) is 0.455. The minimum absolute atomic E-state index is 0.283. The Labute approximate surface area is 69.3 Å². The zero-order valence-corrected chi connectivity index (χ0v) is 7.81. The highest BCUT2D eigenvalue weighted by Crippen LogP contribution is 2.24. The summed E-state index contributed by atoms with van der Waals surface area (Å²) in [5.41, 5.74) is 3.12. The molecule has 0 saturated heterocycles. The SMILES string of the molecule is Cc1ccccc1C(C)(C)C. The summed E-state index contributed by atoms with van der Waals surface area (Å²) in [7, 11) is 0. The highest BCUT2D eigenvalue weighted by Gasteiger charge is 2.14. The Balaban J connectivity index is 3.14.